The van der Waals surface area contributed by atoms with Crippen LogP contribution in [-0.2, 0) is 4.79 Å². The van der Waals surface area contributed by atoms with Crippen molar-refractivity contribution >= 4 is 40.7 Å². The number of amides is 1. The van der Waals surface area contributed by atoms with Gasteiger partial charge < -0.3 is 4.90 Å². The molecule has 0 atom stereocenters. The Morgan fingerprint density at radius 2 is 2.11 bits per heavy atom. The molecule has 19 heavy (non-hydrogen) atoms. The van der Waals surface area contributed by atoms with E-state index in [1.54, 1.807) is 11.8 Å². The first-order valence-electron chi connectivity index (χ1n) is 5.99. The SMILES string of the molecule is CCSCCCN1C(=O)C(=O)c2cc(Cl)c(F)cc21. The van der Waals surface area contributed by atoms with E-state index in [4.69, 9.17) is 11.6 Å². The molecule has 0 N–H and O–H groups in total. The number of carbonyl (C=O) groups excluding carboxylic acids is 2. The molecule has 102 valence electrons. The van der Waals surface area contributed by atoms with Gasteiger partial charge >= 0.3 is 0 Å². The Hall–Kier alpha value is -1.07. The second kappa shape index (κ2) is 5.92. The Balaban J connectivity index is 2.21. The van der Waals surface area contributed by atoms with Crippen molar-refractivity contribution in [2.45, 2.75) is 13.3 Å². The minimum atomic E-state index is -0.615. The zero-order valence-electron chi connectivity index (χ0n) is 10.4. The van der Waals surface area contributed by atoms with E-state index in [1.165, 1.54) is 11.0 Å². The summed E-state index contributed by atoms with van der Waals surface area (Å²) in [5.41, 5.74) is 0.526. The van der Waals surface area contributed by atoms with Gasteiger partial charge in [0.2, 0.25) is 0 Å². The van der Waals surface area contributed by atoms with Crippen molar-refractivity contribution in [2.75, 3.05) is 23.0 Å². The predicted molar refractivity (Wildman–Crippen MR) is 75.7 cm³/mol. The summed E-state index contributed by atoms with van der Waals surface area (Å²) in [5, 5.41) is -0.136. The zero-order valence-corrected chi connectivity index (χ0v) is 12.0. The fourth-order valence-corrected chi connectivity index (χ4v) is 2.77. The third-order valence-corrected chi connectivity index (χ3v) is 4.16. The van der Waals surface area contributed by atoms with Gasteiger partial charge in [0.15, 0.2) is 0 Å². The standard InChI is InChI=1S/C13H13ClFNO2S/c1-2-19-5-3-4-16-11-7-10(15)9(14)6-8(11)12(17)13(16)18/h6-7H,2-5H2,1H3. The number of fused-ring (bicyclic) bond motifs is 1. The number of hydrogen-bond acceptors (Lipinski definition) is 3. The van der Waals surface area contributed by atoms with Crippen LogP contribution >= 0.6 is 23.4 Å². The number of nitrogens with zero attached hydrogens (tertiary/aromatic N) is 1. The number of Topliss-reactive ketones (excluding diaryl/α,β-unsaturated/α-hetero) is 1. The monoisotopic (exact) mass is 301 g/mol. The van der Waals surface area contributed by atoms with Crippen molar-refractivity contribution < 1.29 is 14.0 Å². The first kappa shape index (κ1) is 14.3. The van der Waals surface area contributed by atoms with Gasteiger partial charge in [0.05, 0.1) is 16.3 Å². The number of ketones is 1. The molecule has 1 aromatic rings. The minimum Gasteiger partial charge on any atom is -0.305 e. The average Bonchev–Trinajstić information content (AvgIpc) is 2.60. The first-order chi connectivity index (χ1) is 9.06. The van der Waals surface area contributed by atoms with Gasteiger partial charge in [0.1, 0.15) is 5.82 Å². The quantitative estimate of drug-likeness (QED) is 0.619. The maximum absolute atomic E-state index is 13.5. The summed E-state index contributed by atoms with van der Waals surface area (Å²) < 4.78 is 13.5. The number of benzene rings is 1. The summed E-state index contributed by atoms with van der Waals surface area (Å²) in [6.45, 7) is 2.48. The average molecular weight is 302 g/mol. The Bertz CT molecular complexity index is 536. The molecule has 0 aromatic heterocycles. The van der Waals surface area contributed by atoms with Crippen LogP contribution in [0.3, 0.4) is 0 Å². The van der Waals surface area contributed by atoms with Crippen LogP contribution in [0, 0.1) is 5.82 Å². The largest absolute Gasteiger partial charge is 0.305 e. The molecule has 0 spiro atoms. The smallest absolute Gasteiger partial charge is 0.299 e. The molecular weight excluding hydrogens is 289 g/mol. The topological polar surface area (TPSA) is 37.4 Å². The van der Waals surface area contributed by atoms with E-state index in [9.17, 15) is 14.0 Å². The Kier molecular flexibility index (Phi) is 4.47. The Morgan fingerprint density at radius 1 is 1.37 bits per heavy atom. The summed E-state index contributed by atoms with van der Waals surface area (Å²) in [4.78, 5) is 25.0. The fourth-order valence-electron chi connectivity index (χ4n) is 1.98. The number of carbonyl (C=O) groups is 2. The van der Waals surface area contributed by atoms with Gasteiger partial charge in [-0.25, -0.2) is 4.39 Å². The lowest BCUT2D eigenvalue weighted by Crippen LogP contribution is -2.30. The molecule has 1 aliphatic rings. The number of hydrogen-bond donors (Lipinski definition) is 0. The van der Waals surface area contributed by atoms with Crippen molar-refractivity contribution in [3.63, 3.8) is 0 Å². The molecule has 1 heterocycles. The van der Waals surface area contributed by atoms with Gasteiger partial charge in [-0.1, -0.05) is 18.5 Å². The lowest BCUT2D eigenvalue weighted by molar-refractivity contribution is -0.114. The predicted octanol–water partition coefficient (Wildman–Crippen LogP) is 3.15. The highest BCUT2D eigenvalue weighted by molar-refractivity contribution is 7.99. The Morgan fingerprint density at radius 3 is 2.79 bits per heavy atom. The van der Waals surface area contributed by atoms with Crippen molar-refractivity contribution in [1.29, 1.82) is 0 Å². The summed E-state index contributed by atoms with van der Waals surface area (Å²) in [6, 6.07) is 2.39. The molecule has 0 unspecified atom stereocenters. The van der Waals surface area contributed by atoms with Crippen LogP contribution in [0.4, 0.5) is 10.1 Å². The highest BCUT2D eigenvalue weighted by Crippen LogP contribution is 2.33. The van der Waals surface area contributed by atoms with Crippen molar-refractivity contribution in [3.8, 4) is 0 Å². The maximum Gasteiger partial charge on any atom is 0.299 e. The van der Waals surface area contributed by atoms with Crippen LogP contribution in [0.25, 0.3) is 0 Å². The van der Waals surface area contributed by atoms with Crippen molar-refractivity contribution in [2.24, 2.45) is 0 Å². The molecule has 6 heteroatoms. The molecule has 1 aliphatic heterocycles. The lowest BCUT2D eigenvalue weighted by atomic mass is 10.1. The third kappa shape index (κ3) is 2.77. The van der Waals surface area contributed by atoms with E-state index in [0.717, 1.165) is 24.0 Å². The third-order valence-electron chi connectivity index (χ3n) is 2.89. The van der Waals surface area contributed by atoms with Crippen molar-refractivity contribution in [3.05, 3.63) is 28.5 Å². The number of anilines is 1. The van der Waals surface area contributed by atoms with Gasteiger partial charge in [0.25, 0.3) is 11.7 Å². The second-order valence-corrected chi connectivity index (χ2v) is 5.92. The number of halogens is 2. The highest BCUT2D eigenvalue weighted by atomic mass is 35.5. The summed E-state index contributed by atoms with van der Waals surface area (Å²) in [5.74, 6) is 0.0853. The molecule has 0 bridgehead atoms. The van der Waals surface area contributed by atoms with Crippen LogP contribution < -0.4 is 4.90 Å². The van der Waals surface area contributed by atoms with Gasteiger partial charge in [-0.3, -0.25) is 9.59 Å². The van der Waals surface area contributed by atoms with Gasteiger partial charge in [0, 0.05) is 6.54 Å². The van der Waals surface area contributed by atoms with Crippen LogP contribution in [0.5, 0.6) is 0 Å². The molecule has 1 amide bonds. The lowest BCUT2D eigenvalue weighted by Gasteiger charge is -2.16. The molecule has 0 saturated carbocycles. The van der Waals surface area contributed by atoms with Crippen molar-refractivity contribution in [1.82, 2.24) is 0 Å². The highest BCUT2D eigenvalue weighted by Gasteiger charge is 2.36. The second-order valence-electron chi connectivity index (χ2n) is 4.12. The molecule has 1 aromatic carbocycles. The van der Waals surface area contributed by atoms with Crippen LogP contribution in [0.15, 0.2) is 12.1 Å². The number of thioether (sulfide) groups is 1. The van der Waals surface area contributed by atoms with E-state index in [-0.39, 0.29) is 10.6 Å². The van der Waals surface area contributed by atoms with E-state index >= 15 is 0 Å². The zero-order chi connectivity index (χ0) is 14.0. The van der Waals surface area contributed by atoms with E-state index in [0.29, 0.717) is 12.2 Å². The van der Waals surface area contributed by atoms with E-state index in [1.807, 2.05) is 0 Å². The van der Waals surface area contributed by atoms with Crippen LogP contribution in [-0.4, -0.2) is 29.7 Å². The molecule has 0 fully saturated rings. The van der Waals surface area contributed by atoms with E-state index in [2.05, 4.69) is 6.92 Å². The normalized spacial score (nSPS) is 14.2. The van der Waals surface area contributed by atoms with Gasteiger partial charge in [-0.15, -0.1) is 0 Å². The minimum absolute atomic E-state index is 0.136. The van der Waals surface area contributed by atoms with Gasteiger partial charge in [-0.2, -0.15) is 11.8 Å². The summed E-state index contributed by atoms with van der Waals surface area (Å²) >= 11 is 7.40. The molecule has 0 saturated heterocycles. The van der Waals surface area contributed by atoms with Crippen LogP contribution in [0.1, 0.15) is 23.7 Å². The Labute approximate surface area is 120 Å². The van der Waals surface area contributed by atoms with Crippen LogP contribution in [0.2, 0.25) is 5.02 Å². The maximum atomic E-state index is 13.5. The van der Waals surface area contributed by atoms with E-state index < -0.39 is 17.5 Å². The molecule has 3 nitrogen and oxygen atoms in total. The van der Waals surface area contributed by atoms with Gasteiger partial charge in [-0.05, 0) is 30.1 Å². The molecular formula is C13H13ClFNO2S. The molecule has 0 aliphatic carbocycles. The summed E-state index contributed by atoms with van der Waals surface area (Å²) in [7, 11) is 0. The summed E-state index contributed by atoms with van der Waals surface area (Å²) in [6.07, 6.45) is 0.765. The first-order valence-corrected chi connectivity index (χ1v) is 7.52. The molecule has 0 radical (unpaired) electrons. The number of rotatable bonds is 5. The molecule has 2 rings (SSSR count). The fraction of sp³-hybridized carbons (Fsp3) is 0.385.